The zero-order chi connectivity index (χ0) is 15.9. The summed E-state index contributed by atoms with van der Waals surface area (Å²) < 4.78 is 5.43. The number of aryl methyl sites for hydroxylation is 1. The average Bonchev–Trinajstić information content (AvgIpc) is 2.92. The normalized spacial score (nSPS) is 10.7. The fraction of sp³-hybridized carbons (Fsp3) is 0.429. The predicted octanol–water partition coefficient (Wildman–Crippen LogP) is -0.0663. The molecule has 118 valence electrons. The molecule has 2 rings (SSSR count). The molecule has 0 aliphatic carbocycles. The SMILES string of the molecule is CN(C)CCNC(=O)COc1ccc(-c2nnn(C)n2)cc1. The van der Waals surface area contributed by atoms with E-state index in [9.17, 15) is 4.79 Å². The van der Waals surface area contributed by atoms with Gasteiger partial charge in [-0.05, 0) is 43.6 Å². The summed E-state index contributed by atoms with van der Waals surface area (Å²) >= 11 is 0. The van der Waals surface area contributed by atoms with E-state index in [-0.39, 0.29) is 12.5 Å². The monoisotopic (exact) mass is 304 g/mol. The van der Waals surface area contributed by atoms with E-state index < -0.39 is 0 Å². The number of amides is 1. The van der Waals surface area contributed by atoms with Gasteiger partial charge in [0, 0.05) is 18.7 Å². The summed E-state index contributed by atoms with van der Waals surface area (Å²) in [5, 5.41) is 14.6. The Hall–Kier alpha value is -2.48. The second-order valence-corrected chi connectivity index (χ2v) is 5.07. The van der Waals surface area contributed by atoms with Gasteiger partial charge < -0.3 is 15.0 Å². The van der Waals surface area contributed by atoms with Crippen LogP contribution in [-0.2, 0) is 11.8 Å². The van der Waals surface area contributed by atoms with Crippen molar-refractivity contribution in [2.24, 2.45) is 7.05 Å². The van der Waals surface area contributed by atoms with Crippen LogP contribution in [0.25, 0.3) is 11.4 Å². The zero-order valence-corrected chi connectivity index (χ0v) is 13.0. The van der Waals surface area contributed by atoms with Crippen LogP contribution in [0.15, 0.2) is 24.3 Å². The molecule has 1 aromatic heterocycles. The quantitative estimate of drug-likeness (QED) is 0.771. The lowest BCUT2D eigenvalue weighted by atomic mass is 10.2. The van der Waals surface area contributed by atoms with Crippen molar-refractivity contribution in [2.45, 2.75) is 0 Å². The first-order chi connectivity index (χ1) is 10.5. The number of tetrazole rings is 1. The van der Waals surface area contributed by atoms with Crippen LogP contribution in [0.4, 0.5) is 0 Å². The molecule has 8 heteroatoms. The van der Waals surface area contributed by atoms with Crippen molar-refractivity contribution in [1.29, 1.82) is 0 Å². The molecule has 0 saturated carbocycles. The molecule has 0 radical (unpaired) electrons. The molecule has 0 aliphatic rings. The Morgan fingerprint density at radius 2 is 2.05 bits per heavy atom. The minimum atomic E-state index is -0.137. The third-order valence-corrected chi connectivity index (χ3v) is 2.87. The minimum Gasteiger partial charge on any atom is -0.484 e. The number of nitrogens with one attached hydrogen (secondary N) is 1. The molecule has 8 nitrogen and oxygen atoms in total. The molecular weight excluding hydrogens is 284 g/mol. The van der Waals surface area contributed by atoms with Crippen LogP contribution < -0.4 is 10.1 Å². The van der Waals surface area contributed by atoms with Gasteiger partial charge in [-0.2, -0.15) is 4.80 Å². The zero-order valence-electron chi connectivity index (χ0n) is 13.0. The topological polar surface area (TPSA) is 85.2 Å². The fourth-order valence-electron chi connectivity index (χ4n) is 1.72. The number of ether oxygens (including phenoxy) is 1. The summed E-state index contributed by atoms with van der Waals surface area (Å²) in [6.45, 7) is 1.40. The number of carbonyl (C=O) groups excluding carboxylic acids is 1. The first-order valence-corrected chi connectivity index (χ1v) is 6.93. The first kappa shape index (κ1) is 15.9. The van der Waals surface area contributed by atoms with Crippen LogP contribution in [0.2, 0.25) is 0 Å². The van der Waals surface area contributed by atoms with Crippen molar-refractivity contribution in [3.8, 4) is 17.1 Å². The molecule has 0 aliphatic heterocycles. The van der Waals surface area contributed by atoms with E-state index in [1.54, 1.807) is 19.2 Å². The molecule has 1 heterocycles. The van der Waals surface area contributed by atoms with Gasteiger partial charge in [0.25, 0.3) is 5.91 Å². The van der Waals surface area contributed by atoms with Crippen LogP contribution in [0.1, 0.15) is 0 Å². The van der Waals surface area contributed by atoms with Gasteiger partial charge in [0.2, 0.25) is 5.82 Å². The molecule has 1 aromatic carbocycles. The lowest BCUT2D eigenvalue weighted by molar-refractivity contribution is -0.123. The smallest absolute Gasteiger partial charge is 0.257 e. The maximum Gasteiger partial charge on any atom is 0.257 e. The Balaban J connectivity index is 1.80. The molecule has 2 aromatic rings. The van der Waals surface area contributed by atoms with E-state index >= 15 is 0 Å². The summed E-state index contributed by atoms with van der Waals surface area (Å²) in [5.41, 5.74) is 0.843. The lowest BCUT2D eigenvalue weighted by Gasteiger charge is -2.11. The van der Waals surface area contributed by atoms with Gasteiger partial charge in [0.1, 0.15) is 5.75 Å². The molecule has 1 amide bonds. The molecule has 22 heavy (non-hydrogen) atoms. The van der Waals surface area contributed by atoms with Gasteiger partial charge in [0.15, 0.2) is 6.61 Å². The Kier molecular flexibility index (Phi) is 5.42. The summed E-state index contributed by atoms with van der Waals surface area (Å²) in [5.74, 6) is 1.03. The van der Waals surface area contributed by atoms with Crippen LogP contribution in [-0.4, -0.2) is 64.8 Å². The van der Waals surface area contributed by atoms with Gasteiger partial charge >= 0.3 is 0 Å². The lowest BCUT2D eigenvalue weighted by Crippen LogP contribution is -2.34. The van der Waals surface area contributed by atoms with E-state index in [0.29, 0.717) is 18.1 Å². The molecule has 0 atom stereocenters. The van der Waals surface area contributed by atoms with E-state index in [1.807, 2.05) is 31.1 Å². The van der Waals surface area contributed by atoms with Crippen molar-refractivity contribution in [3.05, 3.63) is 24.3 Å². The number of likely N-dealkylation sites (N-methyl/N-ethyl adjacent to an activating group) is 1. The van der Waals surface area contributed by atoms with Crippen LogP contribution >= 0.6 is 0 Å². The van der Waals surface area contributed by atoms with Gasteiger partial charge in [0.05, 0.1) is 7.05 Å². The number of hydrogen-bond donors (Lipinski definition) is 1. The molecule has 0 unspecified atom stereocenters. The van der Waals surface area contributed by atoms with Crippen LogP contribution in [0.5, 0.6) is 5.75 Å². The molecule has 0 spiro atoms. The largest absolute Gasteiger partial charge is 0.484 e. The maximum atomic E-state index is 11.6. The molecular formula is C14H20N6O2. The van der Waals surface area contributed by atoms with Gasteiger partial charge in [-0.15, -0.1) is 10.2 Å². The number of benzene rings is 1. The summed E-state index contributed by atoms with van der Waals surface area (Å²) in [7, 11) is 5.62. The third-order valence-electron chi connectivity index (χ3n) is 2.87. The number of rotatable bonds is 7. The molecule has 0 fully saturated rings. The summed E-state index contributed by atoms with van der Waals surface area (Å²) in [4.78, 5) is 15.0. The maximum absolute atomic E-state index is 11.6. The average molecular weight is 304 g/mol. The number of nitrogens with zero attached hydrogens (tertiary/aromatic N) is 5. The van der Waals surface area contributed by atoms with Gasteiger partial charge in [-0.3, -0.25) is 4.79 Å². The number of carbonyl (C=O) groups is 1. The first-order valence-electron chi connectivity index (χ1n) is 6.93. The Morgan fingerprint density at radius 1 is 1.32 bits per heavy atom. The Morgan fingerprint density at radius 3 is 2.64 bits per heavy atom. The predicted molar refractivity (Wildman–Crippen MR) is 81.3 cm³/mol. The van der Waals surface area contributed by atoms with E-state index in [1.165, 1.54) is 4.80 Å². The van der Waals surface area contributed by atoms with Crippen molar-refractivity contribution < 1.29 is 9.53 Å². The van der Waals surface area contributed by atoms with Crippen molar-refractivity contribution in [1.82, 2.24) is 30.4 Å². The molecule has 1 N–H and O–H groups in total. The fourth-order valence-corrected chi connectivity index (χ4v) is 1.72. The highest BCUT2D eigenvalue weighted by Gasteiger charge is 2.06. The van der Waals surface area contributed by atoms with Gasteiger partial charge in [-0.1, -0.05) is 0 Å². The highest BCUT2D eigenvalue weighted by molar-refractivity contribution is 5.77. The second-order valence-electron chi connectivity index (χ2n) is 5.07. The van der Waals surface area contributed by atoms with Crippen LogP contribution in [0, 0.1) is 0 Å². The highest BCUT2D eigenvalue weighted by Crippen LogP contribution is 2.18. The summed E-state index contributed by atoms with van der Waals surface area (Å²) in [6, 6.07) is 7.21. The van der Waals surface area contributed by atoms with Crippen molar-refractivity contribution in [3.63, 3.8) is 0 Å². The Bertz CT molecular complexity index is 608. The Labute approximate surface area is 129 Å². The van der Waals surface area contributed by atoms with Crippen molar-refractivity contribution in [2.75, 3.05) is 33.8 Å². The van der Waals surface area contributed by atoms with Crippen LogP contribution in [0.3, 0.4) is 0 Å². The molecule has 0 bridgehead atoms. The van der Waals surface area contributed by atoms with E-state index in [0.717, 1.165) is 12.1 Å². The van der Waals surface area contributed by atoms with E-state index in [2.05, 4.69) is 20.7 Å². The minimum absolute atomic E-state index is 0.00380. The van der Waals surface area contributed by atoms with Gasteiger partial charge in [-0.25, -0.2) is 0 Å². The highest BCUT2D eigenvalue weighted by atomic mass is 16.5. The molecule has 0 saturated heterocycles. The third kappa shape index (κ3) is 4.81. The number of hydrogen-bond acceptors (Lipinski definition) is 6. The standard InChI is InChI=1S/C14H20N6O2/c1-19(2)9-8-15-13(21)10-22-12-6-4-11(5-7-12)14-16-18-20(3)17-14/h4-7H,8-10H2,1-3H3,(H,15,21). The summed E-state index contributed by atoms with van der Waals surface area (Å²) in [6.07, 6.45) is 0. The van der Waals surface area contributed by atoms with E-state index in [4.69, 9.17) is 4.74 Å². The second kappa shape index (κ2) is 7.51. The number of aromatic nitrogens is 4. The van der Waals surface area contributed by atoms with Crippen molar-refractivity contribution >= 4 is 5.91 Å².